The van der Waals surface area contributed by atoms with Gasteiger partial charge in [-0.25, -0.2) is 13.3 Å². The summed E-state index contributed by atoms with van der Waals surface area (Å²) in [5, 5.41) is 12.8. The van der Waals surface area contributed by atoms with Crippen LogP contribution in [0.25, 0.3) is 5.52 Å². The summed E-state index contributed by atoms with van der Waals surface area (Å²) in [5.74, 6) is -1.25. The van der Waals surface area contributed by atoms with Crippen LogP contribution in [0.15, 0.2) is 48.8 Å². The first kappa shape index (κ1) is 22.7. The molecule has 31 heavy (non-hydrogen) atoms. The molecule has 8 heteroatoms. The molecule has 2 aromatic heterocycles. The monoisotopic (exact) mass is 430 g/mol. The summed E-state index contributed by atoms with van der Waals surface area (Å²) in [6.07, 6.45) is 10.5. The van der Waals surface area contributed by atoms with Gasteiger partial charge in [0.25, 0.3) is 5.91 Å². The number of nitrogens with zero attached hydrogens (tertiary/aromatic N) is 3. The van der Waals surface area contributed by atoms with Crippen molar-refractivity contribution in [1.29, 1.82) is 0 Å². The van der Waals surface area contributed by atoms with Crippen LogP contribution in [0.1, 0.15) is 48.9 Å². The van der Waals surface area contributed by atoms with Crippen LogP contribution in [-0.4, -0.2) is 39.8 Å². The Kier molecular flexibility index (Phi) is 7.94. The van der Waals surface area contributed by atoms with E-state index in [9.17, 15) is 13.6 Å². The van der Waals surface area contributed by atoms with E-state index in [-0.39, 0.29) is 6.10 Å². The van der Waals surface area contributed by atoms with Crippen LogP contribution >= 0.6 is 0 Å². The molecule has 1 saturated heterocycles. The van der Waals surface area contributed by atoms with E-state index in [2.05, 4.69) is 10.00 Å². The summed E-state index contributed by atoms with van der Waals surface area (Å²) in [6.45, 7) is 2.16. The normalized spacial score (nSPS) is 15.9. The Morgan fingerprint density at radius 1 is 1.00 bits per heavy atom. The summed E-state index contributed by atoms with van der Waals surface area (Å²) in [6, 6.07) is 8.32. The van der Waals surface area contributed by atoms with Gasteiger partial charge < -0.3 is 15.7 Å². The number of aromatic nitrogens is 2. The molecule has 0 atom stereocenters. The second-order valence-corrected chi connectivity index (χ2v) is 7.71. The number of nitrogens with two attached hydrogens (primary N) is 1. The van der Waals surface area contributed by atoms with Crippen molar-refractivity contribution in [2.45, 2.75) is 44.6 Å². The van der Waals surface area contributed by atoms with Crippen LogP contribution < -0.4 is 10.6 Å². The van der Waals surface area contributed by atoms with Crippen LogP contribution in [0, 0.1) is 11.6 Å². The summed E-state index contributed by atoms with van der Waals surface area (Å²) in [4.78, 5) is 13.6. The number of aliphatic hydroxyl groups is 1. The van der Waals surface area contributed by atoms with Gasteiger partial charge in [0.15, 0.2) is 0 Å². The Hall–Kier alpha value is -3.00. The number of halogens is 2. The van der Waals surface area contributed by atoms with E-state index >= 15 is 0 Å². The molecule has 0 radical (unpaired) electrons. The molecule has 3 N–H and O–H groups in total. The zero-order chi connectivity index (χ0) is 22.2. The predicted molar refractivity (Wildman–Crippen MR) is 116 cm³/mol. The highest BCUT2D eigenvalue weighted by Crippen LogP contribution is 2.23. The number of anilines is 1. The molecule has 5 rings (SSSR count). The lowest BCUT2D eigenvalue weighted by atomic mass is 10.2. The standard InChI is InChI=1S/C12H14N4O.C6H4F2.C5H10O/c13-12(17)10-8-14-16-6-3-9(7-11(10)16)15-4-1-2-5-15;7-5-1-2-6(8)4-3-5;6-5-3-1-2-4-5/h3,6-8H,1-2,4-5H2,(H2,13,17);1-4H;5-6H,1-4H2. The molecule has 0 unspecified atom stereocenters. The Labute approximate surface area is 180 Å². The van der Waals surface area contributed by atoms with Crippen molar-refractivity contribution < 1.29 is 18.7 Å². The lowest BCUT2D eigenvalue weighted by Gasteiger charge is -2.17. The number of primary amides is 1. The quantitative estimate of drug-likeness (QED) is 0.646. The first-order valence-corrected chi connectivity index (χ1v) is 10.6. The highest BCUT2D eigenvalue weighted by molar-refractivity contribution is 5.99. The third-order valence-electron chi connectivity index (χ3n) is 5.37. The molecule has 2 aliphatic rings. The van der Waals surface area contributed by atoms with Crippen molar-refractivity contribution in [3.63, 3.8) is 0 Å². The molecule has 2 fully saturated rings. The number of benzene rings is 1. The number of aliphatic hydroxyl groups excluding tert-OH is 1. The second kappa shape index (κ2) is 10.9. The number of fused-ring (bicyclic) bond motifs is 1. The van der Waals surface area contributed by atoms with Gasteiger partial charge in [0, 0.05) is 25.0 Å². The molecule has 0 spiro atoms. The molecule has 6 nitrogen and oxygen atoms in total. The highest BCUT2D eigenvalue weighted by atomic mass is 19.1. The van der Waals surface area contributed by atoms with Crippen LogP contribution in [0.2, 0.25) is 0 Å². The van der Waals surface area contributed by atoms with E-state index in [0.717, 1.165) is 61.4 Å². The van der Waals surface area contributed by atoms with Crippen molar-refractivity contribution in [3.8, 4) is 0 Å². The van der Waals surface area contributed by atoms with Gasteiger partial charge in [-0.3, -0.25) is 4.79 Å². The summed E-state index contributed by atoms with van der Waals surface area (Å²) in [5.41, 5.74) is 7.72. The van der Waals surface area contributed by atoms with E-state index in [1.165, 1.54) is 31.9 Å². The average molecular weight is 430 g/mol. The fourth-order valence-electron chi connectivity index (χ4n) is 3.67. The van der Waals surface area contributed by atoms with Crippen molar-refractivity contribution >= 4 is 17.1 Å². The minimum Gasteiger partial charge on any atom is -0.393 e. The van der Waals surface area contributed by atoms with Crippen molar-refractivity contribution in [3.05, 3.63) is 66.0 Å². The number of hydrogen-bond donors (Lipinski definition) is 2. The van der Waals surface area contributed by atoms with Gasteiger partial charge in [-0.2, -0.15) is 5.10 Å². The van der Waals surface area contributed by atoms with E-state index in [0.29, 0.717) is 5.56 Å². The molecular weight excluding hydrogens is 402 g/mol. The Balaban J connectivity index is 0.000000160. The molecule has 1 saturated carbocycles. The zero-order valence-electron chi connectivity index (χ0n) is 17.4. The molecule has 3 aromatic rings. The lowest BCUT2D eigenvalue weighted by Crippen LogP contribution is -2.17. The maximum absolute atomic E-state index is 11.9. The minimum atomic E-state index is -0.432. The topological polar surface area (TPSA) is 83.9 Å². The molecule has 3 heterocycles. The van der Waals surface area contributed by atoms with Gasteiger partial charge >= 0.3 is 0 Å². The van der Waals surface area contributed by atoms with Crippen LogP contribution in [0.5, 0.6) is 0 Å². The molecule has 0 bridgehead atoms. The van der Waals surface area contributed by atoms with Crippen molar-refractivity contribution in [2.24, 2.45) is 5.73 Å². The van der Waals surface area contributed by atoms with Crippen LogP contribution in [0.3, 0.4) is 0 Å². The van der Waals surface area contributed by atoms with Gasteiger partial charge in [0.05, 0.1) is 23.4 Å². The Morgan fingerprint density at radius 3 is 2.06 bits per heavy atom. The van der Waals surface area contributed by atoms with Crippen LogP contribution in [0.4, 0.5) is 14.5 Å². The summed E-state index contributed by atoms with van der Waals surface area (Å²) < 4.78 is 25.5. The predicted octanol–water partition coefficient (Wildman–Crippen LogP) is 3.92. The van der Waals surface area contributed by atoms with Gasteiger partial charge in [-0.15, -0.1) is 0 Å². The third kappa shape index (κ3) is 6.49. The fraction of sp³-hybridized carbons (Fsp3) is 0.391. The number of amides is 1. The first-order valence-electron chi connectivity index (χ1n) is 10.6. The van der Waals surface area contributed by atoms with Gasteiger partial charge in [-0.05, 0) is 62.1 Å². The fourth-order valence-corrected chi connectivity index (χ4v) is 3.67. The number of pyridine rings is 1. The largest absolute Gasteiger partial charge is 0.393 e. The maximum Gasteiger partial charge on any atom is 0.252 e. The van der Waals surface area contributed by atoms with E-state index < -0.39 is 17.5 Å². The van der Waals surface area contributed by atoms with Gasteiger partial charge in [0.2, 0.25) is 0 Å². The Morgan fingerprint density at radius 2 is 1.58 bits per heavy atom. The third-order valence-corrected chi connectivity index (χ3v) is 5.37. The molecule has 1 aromatic carbocycles. The van der Waals surface area contributed by atoms with Gasteiger partial charge in [0.1, 0.15) is 11.6 Å². The molecule has 1 amide bonds. The smallest absolute Gasteiger partial charge is 0.252 e. The molecular formula is C23H28F2N4O2. The summed E-state index contributed by atoms with van der Waals surface area (Å²) in [7, 11) is 0. The maximum atomic E-state index is 11.9. The number of carbonyl (C=O) groups excluding carboxylic acids is 1. The molecule has 1 aliphatic heterocycles. The number of carbonyl (C=O) groups is 1. The highest BCUT2D eigenvalue weighted by Gasteiger charge is 2.15. The van der Waals surface area contributed by atoms with E-state index in [1.54, 1.807) is 4.52 Å². The SMILES string of the molecule is Fc1ccc(F)cc1.NC(=O)c1cnn2ccc(N3CCCC3)cc12.OC1CCCC1. The van der Waals surface area contributed by atoms with Crippen molar-refractivity contribution in [1.82, 2.24) is 9.61 Å². The molecule has 1 aliphatic carbocycles. The molecule has 166 valence electrons. The number of hydrogen-bond acceptors (Lipinski definition) is 4. The lowest BCUT2D eigenvalue weighted by molar-refractivity contribution is 0.100. The number of rotatable bonds is 2. The van der Waals surface area contributed by atoms with E-state index in [1.807, 2.05) is 18.3 Å². The second-order valence-electron chi connectivity index (χ2n) is 7.71. The summed E-state index contributed by atoms with van der Waals surface area (Å²) >= 11 is 0. The van der Waals surface area contributed by atoms with Crippen molar-refractivity contribution in [2.75, 3.05) is 18.0 Å². The zero-order valence-corrected chi connectivity index (χ0v) is 17.4. The van der Waals surface area contributed by atoms with Gasteiger partial charge in [-0.1, -0.05) is 12.8 Å². The van der Waals surface area contributed by atoms with E-state index in [4.69, 9.17) is 10.8 Å². The first-order chi connectivity index (χ1) is 14.9. The minimum absolute atomic E-state index is 0.0463. The average Bonchev–Trinajstić information content (AvgIpc) is 3.52. The Bertz CT molecular complexity index is 958. The van der Waals surface area contributed by atoms with Crippen LogP contribution in [-0.2, 0) is 0 Å².